The fraction of sp³-hybridized carbons (Fsp3) is 0.818. The van der Waals surface area contributed by atoms with Crippen molar-refractivity contribution >= 4 is 23.1 Å². The van der Waals surface area contributed by atoms with Crippen LogP contribution in [-0.2, 0) is 4.79 Å². The van der Waals surface area contributed by atoms with Gasteiger partial charge in [0.1, 0.15) is 0 Å². The Balaban J connectivity index is 2.40. The van der Waals surface area contributed by atoms with E-state index in [0.717, 1.165) is 19.3 Å². The van der Waals surface area contributed by atoms with Crippen LogP contribution in [-0.4, -0.2) is 17.4 Å². The summed E-state index contributed by atoms with van der Waals surface area (Å²) in [7, 11) is 0. The van der Waals surface area contributed by atoms with Crippen LogP contribution >= 0.6 is 12.2 Å². The highest BCUT2D eigenvalue weighted by molar-refractivity contribution is 7.80. The molecule has 0 atom stereocenters. The largest absolute Gasteiger partial charge is 0.393 e. The summed E-state index contributed by atoms with van der Waals surface area (Å²) in [6.45, 7) is 2.67. The maximum atomic E-state index is 12.0. The van der Waals surface area contributed by atoms with E-state index in [-0.39, 0.29) is 11.3 Å². The zero-order valence-corrected chi connectivity index (χ0v) is 10.2. The third-order valence-electron chi connectivity index (χ3n) is 3.38. The van der Waals surface area contributed by atoms with Crippen LogP contribution in [0.25, 0.3) is 0 Å². The van der Waals surface area contributed by atoms with Crippen LogP contribution in [0.2, 0.25) is 0 Å². The van der Waals surface area contributed by atoms with Gasteiger partial charge in [0.2, 0.25) is 5.91 Å². The van der Waals surface area contributed by atoms with Gasteiger partial charge in [-0.2, -0.15) is 0 Å². The van der Waals surface area contributed by atoms with Crippen LogP contribution in [0.15, 0.2) is 0 Å². The Bertz CT molecular complexity index is 247. The summed E-state index contributed by atoms with van der Waals surface area (Å²) in [4.78, 5) is 12.4. The predicted octanol–water partition coefficient (Wildman–Crippen LogP) is 1.75. The molecule has 86 valence electrons. The molecule has 0 aromatic carbocycles. The molecular formula is C11H20N2OS. The van der Waals surface area contributed by atoms with E-state index in [0.29, 0.717) is 18.0 Å². The van der Waals surface area contributed by atoms with Crippen LogP contribution in [0.3, 0.4) is 0 Å². The summed E-state index contributed by atoms with van der Waals surface area (Å²) in [6.07, 6.45) is 5.95. The fourth-order valence-corrected chi connectivity index (χ4v) is 2.38. The minimum atomic E-state index is -0.101. The minimum Gasteiger partial charge on any atom is -0.393 e. The molecular weight excluding hydrogens is 208 g/mol. The number of hydrogen-bond donors (Lipinski definition) is 2. The maximum absolute atomic E-state index is 12.0. The second-order valence-corrected chi connectivity index (χ2v) is 4.84. The molecule has 0 saturated heterocycles. The summed E-state index contributed by atoms with van der Waals surface area (Å²) in [5, 5.41) is 2.94. The molecule has 1 rings (SSSR count). The third-order valence-corrected chi connectivity index (χ3v) is 3.58. The number of nitrogens with two attached hydrogens (primary N) is 1. The summed E-state index contributed by atoms with van der Waals surface area (Å²) in [5.41, 5.74) is 5.28. The van der Waals surface area contributed by atoms with Crippen LogP contribution in [0.1, 0.15) is 45.4 Å². The first kappa shape index (κ1) is 12.4. The van der Waals surface area contributed by atoms with Gasteiger partial charge in [0.05, 0.1) is 4.99 Å². The van der Waals surface area contributed by atoms with Gasteiger partial charge in [-0.05, 0) is 19.3 Å². The smallest absolute Gasteiger partial charge is 0.226 e. The molecule has 4 heteroatoms. The molecule has 3 nitrogen and oxygen atoms in total. The van der Waals surface area contributed by atoms with Gasteiger partial charge in [-0.15, -0.1) is 0 Å². The number of amides is 1. The quantitative estimate of drug-likeness (QED) is 0.705. The average molecular weight is 228 g/mol. The van der Waals surface area contributed by atoms with Gasteiger partial charge in [-0.25, -0.2) is 0 Å². The van der Waals surface area contributed by atoms with E-state index in [1.165, 1.54) is 12.8 Å². The van der Waals surface area contributed by atoms with E-state index in [4.69, 9.17) is 18.0 Å². The molecule has 0 unspecified atom stereocenters. The van der Waals surface area contributed by atoms with Crippen molar-refractivity contribution in [3.05, 3.63) is 0 Å². The van der Waals surface area contributed by atoms with E-state index in [1.807, 2.05) is 0 Å². The molecule has 0 radical (unpaired) electrons. The van der Waals surface area contributed by atoms with Crippen molar-refractivity contribution in [1.82, 2.24) is 5.32 Å². The van der Waals surface area contributed by atoms with Gasteiger partial charge in [-0.3, -0.25) is 4.79 Å². The van der Waals surface area contributed by atoms with Crippen molar-refractivity contribution in [2.24, 2.45) is 11.1 Å². The molecule has 1 aliphatic carbocycles. The highest BCUT2D eigenvalue weighted by Gasteiger charge is 2.38. The molecule has 0 bridgehead atoms. The molecule has 0 heterocycles. The summed E-state index contributed by atoms with van der Waals surface area (Å²) in [5.74, 6) is 0.193. The Morgan fingerprint density at radius 2 is 2.07 bits per heavy atom. The second-order valence-electron chi connectivity index (χ2n) is 4.31. The second kappa shape index (κ2) is 5.45. The van der Waals surface area contributed by atoms with Gasteiger partial charge in [0.25, 0.3) is 0 Å². The van der Waals surface area contributed by atoms with Crippen LogP contribution < -0.4 is 11.1 Å². The lowest BCUT2D eigenvalue weighted by molar-refractivity contribution is -0.130. The Morgan fingerprint density at radius 3 is 2.53 bits per heavy atom. The highest BCUT2D eigenvalue weighted by atomic mass is 32.1. The fourth-order valence-electron chi connectivity index (χ4n) is 2.28. The van der Waals surface area contributed by atoms with E-state index >= 15 is 0 Å². The molecule has 1 saturated carbocycles. The van der Waals surface area contributed by atoms with Crippen LogP contribution in [0, 0.1) is 5.41 Å². The number of rotatable bonds is 5. The van der Waals surface area contributed by atoms with Crippen molar-refractivity contribution in [2.75, 3.05) is 6.54 Å². The van der Waals surface area contributed by atoms with E-state index < -0.39 is 0 Å². The van der Waals surface area contributed by atoms with Crippen molar-refractivity contribution in [3.63, 3.8) is 0 Å². The SMILES string of the molecule is CCC1(C(=O)NCCC(N)=S)CCCC1. The zero-order chi connectivity index (χ0) is 11.3. The third kappa shape index (κ3) is 3.16. The van der Waals surface area contributed by atoms with Crippen molar-refractivity contribution in [3.8, 4) is 0 Å². The van der Waals surface area contributed by atoms with Crippen molar-refractivity contribution < 1.29 is 4.79 Å². The lowest BCUT2D eigenvalue weighted by Gasteiger charge is -2.25. The molecule has 1 fully saturated rings. The lowest BCUT2D eigenvalue weighted by Crippen LogP contribution is -2.39. The molecule has 0 aromatic rings. The average Bonchev–Trinajstić information content (AvgIpc) is 2.66. The highest BCUT2D eigenvalue weighted by Crippen LogP contribution is 2.40. The molecule has 15 heavy (non-hydrogen) atoms. The molecule has 0 aliphatic heterocycles. The summed E-state index contributed by atoms with van der Waals surface area (Å²) < 4.78 is 0. The monoisotopic (exact) mass is 228 g/mol. The first-order chi connectivity index (χ1) is 7.10. The Kier molecular flexibility index (Phi) is 4.51. The number of nitrogens with one attached hydrogen (secondary N) is 1. The van der Waals surface area contributed by atoms with E-state index in [2.05, 4.69) is 12.2 Å². The van der Waals surface area contributed by atoms with Gasteiger partial charge < -0.3 is 11.1 Å². The Labute approximate surface area is 96.8 Å². The molecule has 1 amide bonds. The molecule has 1 aliphatic rings. The first-order valence-corrected chi connectivity index (χ1v) is 6.08. The van der Waals surface area contributed by atoms with Crippen LogP contribution in [0.5, 0.6) is 0 Å². The van der Waals surface area contributed by atoms with Crippen molar-refractivity contribution in [2.45, 2.75) is 45.4 Å². The van der Waals surface area contributed by atoms with Crippen molar-refractivity contribution in [1.29, 1.82) is 0 Å². The minimum absolute atomic E-state index is 0.101. The predicted molar refractivity (Wildman–Crippen MR) is 65.6 cm³/mol. The normalized spacial score (nSPS) is 18.7. The molecule has 0 aromatic heterocycles. The lowest BCUT2D eigenvalue weighted by atomic mass is 9.82. The first-order valence-electron chi connectivity index (χ1n) is 5.67. The maximum Gasteiger partial charge on any atom is 0.226 e. The molecule has 0 spiro atoms. The van der Waals surface area contributed by atoms with Gasteiger partial charge >= 0.3 is 0 Å². The number of carbonyl (C=O) groups excluding carboxylic acids is 1. The standard InChI is InChI=1S/C11H20N2OS/c1-2-11(6-3-4-7-11)10(14)13-8-5-9(12)15/h2-8H2,1H3,(H2,12,15)(H,13,14). The van der Waals surface area contributed by atoms with E-state index in [1.54, 1.807) is 0 Å². The summed E-state index contributed by atoms with van der Waals surface area (Å²) >= 11 is 4.76. The van der Waals surface area contributed by atoms with E-state index in [9.17, 15) is 4.79 Å². The van der Waals surface area contributed by atoms with Gasteiger partial charge in [-0.1, -0.05) is 32.0 Å². The van der Waals surface area contributed by atoms with Gasteiger partial charge in [0, 0.05) is 18.4 Å². The zero-order valence-electron chi connectivity index (χ0n) is 9.34. The Morgan fingerprint density at radius 1 is 1.47 bits per heavy atom. The molecule has 3 N–H and O–H groups in total. The van der Waals surface area contributed by atoms with Crippen LogP contribution in [0.4, 0.5) is 0 Å². The summed E-state index contributed by atoms with van der Waals surface area (Å²) in [6, 6.07) is 0. The number of thiocarbonyl (C=S) groups is 1. The number of carbonyl (C=O) groups is 1. The Hall–Kier alpha value is -0.640. The number of hydrogen-bond acceptors (Lipinski definition) is 2. The van der Waals surface area contributed by atoms with Gasteiger partial charge in [0.15, 0.2) is 0 Å². The topological polar surface area (TPSA) is 55.1 Å².